The van der Waals surface area contributed by atoms with E-state index in [9.17, 15) is 5.11 Å². The molecule has 4 heteroatoms. The van der Waals surface area contributed by atoms with Gasteiger partial charge in [-0.05, 0) is 43.9 Å². The van der Waals surface area contributed by atoms with Crippen LogP contribution in [0.15, 0.2) is 29.3 Å². The molecule has 0 aromatic heterocycles. The Hall–Kier alpha value is -1.39. The maximum Gasteiger partial charge on any atom is 0.111 e. The van der Waals surface area contributed by atoms with Crippen molar-refractivity contribution in [3.63, 3.8) is 0 Å². The molecule has 0 bridgehead atoms. The Bertz CT molecular complexity index is 619. The first kappa shape index (κ1) is 16.1. The van der Waals surface area contributed by atoms with E-state index in [0.29, 0.717) is 0 Å². The van der Waals surface area contributed by atoms with Crippen LogP contribution in [0.25, 0.3) is 0 Å². The molecule has 0 spiro atoms. The van der Waals surface area contributed by atoms with E-state index in [2.05, 4.69) is 41.0 Å². The number of amidine groups is 1. The molecule has 0 amide bonds. The molecule has 2 saturated heterocycles. The second-order valence-electron chi connectivity index (χ2n) is 7.66. The third-order valence-electron chi connectivity index (χ3n) is 6.11. The van der Waals surface area contributed by atoms with Gasteiger partial charge in [0.05, 0.1) is 11.3 Å². The molecule has 3 aliphatic heterocycles. The number of likely N-dealkylation sites (tertiary alicyclic amines) is 1. The largest absolute Gasteiger partial charge is 0.389 e. The highest BCUT2D eigenvalue weighted by atomic mass is 16.3. The van der Waals surface area contributed by atoms with E-state index >= 15 is 0 Å². The Morgan fingerprint density at radius 1 is 1.21 bits per heavy atom. The standard InChI is InChI=1S/C20H29N3O/c1-2-3-11-22-13-9-20(24,10-14-22)17-8-12-23-15-16-6-4-5-7-18(16)21-19(17)23/h4-7,17,24H,2-3,8-15H2,1H3. The average molecular weight is 327 g/mol. The van der Waals surface area contributed by atoms with Crippen LogP contribution in [0.1, 0.15) is 44.6 Å². The second kappa shape index (κ2) is 6.49. The van der Waals surface area contributed by atoms with E-state index in [1.54, 1.807) is 0 Å². The highest BCUT2D eigenvalue weighted by molar-refractivity contribution is 5.91. The first-order chi connectivity index (χ1) is 11.7. The molecule has 3 aliphatic rings. The minimum Gasteiger partial charge on any atom is -0.389 e. The van der Waals surface area contributed by atoms with Crippen molar-refractivity contribution in [3.8, 4) is 0 Å². The predicted octanol–water partition coefficient (Wildman–Crippen LogP) is 3.18. The fraction of sp³-hybridized carbons (Fsp3) is 0.650. The quantitative estimate of drug-likeness (QED) is 0.923. The molecule has 2 fully saturated rings. The van der Waals surface area contributed by atoms with Crippen molar-refractivity contribution in [2.75, 3.05) is 26.2 Å². The molecule has 130 valence electrons. The number of hydrogen-bond acceptors (Lipinski definition) is 4. The number of unbranched alkanes of at least 4 members (excludes halogenated alkanes) is 1. The second-order valence-corrected chi connectivity index (χ2v) is 7.66. The summed E-state index contributed by atoms with van der Waals surface area (Å²) in [6.07, 6.45) is 5.32. The lowest BCUT2D eigenvalue weighted by molar-refractivity contribution is -0.0465. The molecular formula is C20H29N3O. The van der Waals surface area contributed by atoms with Gasteiger partial charge in [-0.3, -0.25) is 0 Å². The van der Waals surface area contributed by atoms with Gasteiger partial charge in [0, 0.05) is 32.1 Å². The number of aliphatic hydroxyl groups is 1. The lowest BCUT2D eigenvalue weighted by Crippen LogP contribution is -2.51. The van der Waals surface area contributed by atoms with E-state index in [1.165, 1.54) is 24.9 Å². The highest BCUT2D eigenvalue weighted by Gasteiger charge is 2.47. The molecule has 1 atom stereocenters. The number of piperidine rings is 1. The van der Waals surface area contributed by atoms with Crippen molar-refractivity contribution in [2.45, 2.75) is 51.2 Å². The number of benzene rings is 1. The van der Waals surface area contributed by atoms with Gasteiger partial charge in [-0.1, -0.05) is 31.5 Å². The summed E-state index contributed by atoms with van der Waals surface area (Å²) in [6, 6.07) is 8.42. The lowest BCUT2D eigenvalue weighted by Gasteiger charge is -2.42. The van der Waals surface area contributed by atoms with Crippen molar-refractivity contribution in [3.05, 3.63) is 29.8 Å². The molecule has 1 unspecified atom stereocenters. The van der Waals surface area contributed by atoms with Crippen LogP contribution in [-0.4, -0.2) is 52.5 Å². The molecule has 0 saturated carbocycles. The molecule has 1 N–H and O–H groups in total. The number of nitrogens with zero attached hydrogens (tertiary/aromatic N) is 3. The van der Waals surface area contributed by atoms with Crippen LogP contribution in [0.4, 0.5) is 5.69 Å². The van der Waals surface area contributed by atoms with Crippen LogP contribution in [0.3, 0.4) is 0 Å². The summed E-state index contributed by atoms with van der Waals surface area (Å²) in [4.78, 5) is 9.85. The zero-order valence-corrected chi connectivity index (χ0v) is 14.7. The van der Waals surface area contributed by atoms with Gasteiger partial charge in [-0.15, -0.1) is 0 Å². The fourth-order valence-electron chi connectivity index (χ4n) is 4.54. The van der Waals surface area contributed by atoms with E-state index in [1.807, 2.05) is 0 Å². The summed E-state index contributed by atoms with van der Waals surface area (Å²) < 4.78 is 0. The van der Waals surface area contributed by atoms with Crippen LogP contribution in [-0.2, 0) is 6.54 Å². The van der Waals surface area contributed by atoms with Gasteiger partial charge in [-0.25, -0.2) is 4.99 Å². The summed E-state index contributed by atoms with van der Waals surface area (Å²) in [5.41, 5.74) is 1.84. The molecule has 0 radical (unpaired) electrons. The van der Waals surface area contributed by atoms with Gasteiger partial charge in [0.2, 0.25) is 0 Å². The van der Waals surface area contributed by atoms with E-state index in [-0.39, 0.29) is 5.92 Å². The Morgan fingerprint density at radius 3 is 2.79 bits per heavy atom. The zero-order valence-electron chi connectivity index (χ0n) is 14.7. The Morgan fingerprint density at radius 2 is 2.00 bits per heavy atom. The van der Waals surface area contributed by atoms with Crippen molar-refractivity contribution in [1.29, 1.82) is 0 Å². The minimum atomic E-state index is -0.567. The molecule has 24 heavy (non-hydrogen) atoms. The summed E-state index contributed by atoms with van der Waals surface area (Å²) >= 11 is 0. The van der Waals surface area contributed by atoms with Gasteiger partial charge in [0.1, 0.15) is 5.84 Å². The fourth-order valence-corrected chi connectivity index (χ4v) is 4.54. The number of hydrogen-bond donors (Lipinski definition) is 1. The molecule has 3 heterocycles. The normalized spacial score (nSPS) is 26.0. The van der Waals surface area contributed by atoms with Crippen LogP contribution < -0.4 is 0 Å². The first-order valence-corrected chi connectivity index (χ1v) is 9.56. The van der Waals surface area contributed by atoms with Crippen molar-refractivity contribution >= 4 is 11.5 Å². The smallest absolute Gasteiger partial charge is 0.111 e. The number of fused-ring (bicyclic) bond motifs is 2. The summed E-state index contributed by atoms with van der Waals surface area (Å²) in [7, 11) is 0. The number of aliphatic imine (C=N–C) groups is 1. The van der Waals surface area contributed by atoms with Gasteiger partial charge in [0.25, 0.3) is 0 Å². The third kappa shape index (κ3) is 2.86. The van der Waals surface area contributed by atoms with Gasteiger partial charge < -0.3 is 14.9 Å². The highest BCUT2D eigenvalue weighted by Crippen LogP contribution is 2.41. The molecule has 4 rings (SSSR count). The van der Waals surface area contributed by atoms with Crippen molar-refractivity contribution in [2.24, 2.45) is 10.9 Å². The van der Waals surface area contributed by atoms with Crippen molar-refractivity contribution in [1.82, 2.24) is 9.80 Å². The summed E-state index contributed by atoms with van der Waals surface area (Å²) in [5, 5.41) is 11.4. The summed E-state index contributed by atoms with van der Waals surface area (Å²) in [5.74, 6) is 1.34. The first-order valence-electron chi connectivity index (χ1n) is 9.56. The van der Waals surface area contributed by atoms with Gasteiger partial charge >= 0.3 is 0 Å². The molecule has 1 aromatic rings. The van der Waals surface area contributed by atoms with Crippen molar-refractivity contribution < 1.29 is 5.11 Å². The maximum absolute atomic E-state index is 11.4. The van der Waals surface area contributed by atoms with Crippen LogP contribution in [0.5, 0.6) is 0 Å². The molecule has 1 aromatic carbocycles. The maximum atomic E-state index is 11.4. The Kier molecular flexibility index (Phi) is 4.35. The van der Waals surface area contributed by atoms with E-state index < -0.39 is 5.60 Å². The van der Waals surface area contributed by atoms with Crippen LogP contribution in [0, 0.1) is 5.92 Å². The molecule has 0 aliphatic carbocycles. The minimum absolute atomic E-state index is 0.208. The lowest BCUT2D eigenvalue weighted by atomic mass is 9.78. The zero-order chi connectivity index (χ0) is 16.6. The topological polar surface area (TPSA) is 39.1 Å². The predicted molar refractivity (Wildman–Crippen MR) is 97.6 cm³/mol. The SMILES string of the molecule is CCCCN1CCC(O)(C2CCN3Cc4ccccc4N=C23)CC1. The van der Waals surface area contributed by atoms with Crippen LogP contribution >= 0.6 is 0 Å². The van der Waals surface area contributed by atoms with E-state index in [0.717, 1.165) is 57.0 Å². The Balaban J connectivity index is 1.50. The van der Waals surface area contributed by atoms with Crippen LogP contribution in [0.2, 0.25) is 0 Å². The van der Waals surface area contributed by atoms with Gasteiger partial charge in [-0.2, -0.15) is 0 Å². The number of para-hydroxylation sites is 1. The average Bonchev–Trinajstić information content (AvgIpc) is 3.03. The molecular weight excluding hydrogens is 298 g/mol. The van der Waals surface area contributed by atoms with Gasteiger partial charge in [0.15, 0.2) is 0 Å². The monoisotopic (exact) mass is 327 g/mol. The summed E-state index contributed by atoms with van der Waals surface area (Å²) in [6.45, 7) is 7.45. The number of rotatable bonds is 4. The van der Waals surface area contributed by atoms with E-state index in [4.69, 9.17) is 4.99 Å². The molecule has 4 nitrogen and oxygen atoms in total. The third-order valence-corrected chi connectivity index (χ3v) is 6.11. The Labute approximate surface area is 145 Å².